The quantitative estimate of drug-likeness (QED) is 0.845. The summed E-state index contributed by atoms with van der Waals surface area (Å²) in [5.41, 5.74) is 9.72. The summed E-state index contributed by atoms with van der Waals surface area (Å²) in [6.07, 6.45) is 3.01. The Kier molecular flexibility index (Phi) is 4.23. The highest BCUT2D eigenvalue weighted by molar-refractivity contribution is 5.85. The Morgan fingerprint density at radius 3 is 2.53 bits per heavy atom. The minimum Gasteiger partial charge on any atom is -0.361 e. The zero-order valence-corrected chi connectivity index (χ0v) is 11.5. The van der Waals surface area contributed by atoms with Crippen LogP contribution in [0.15, 0.2) is 24.4 Å². The second kappa shape index (κ2) is 5.11. The number of aromatic nitrogens is 1. The molecule has 1 heterocycles. The van der Waals surface area contributed by atoms with Crippen molar-refractivity contribution >= 4 is 23.3 Å². The van der Waals surface area contributed by atoms with Gasteiger partial charge in [0.25, 0.3) is 0 Å². The Morgan fingerprint density at radius 2 is 1.94 bits per heavy atom. The van der Waals surface area contributed by atoms with Crippen LogP contribution in [0.4, 0.5) is 0 Å². The van der Waals surface area contributed by atoms with Gasteiger partial charge in [0, 0.05) is 17.1 Å². The molecule has 3 N–H and O–H groups in total. The van der Waals surface area contributed by atoms with Crippen molar-refractivity contribution in [3.8, 4) is 0 Å². The van der Waals surface area contributed by atoms with Gasteiger partial charge in [0.2, 0.25) is 0 Å². The number of rotatable bonds is 2. The van der Waals surface area contributed by atoms with Crippen molar-refractivity contribution in [2.75, 3.05) is 6.54 Å². The van der Waals surface area contributed by atoms with Crippen LogP contribution >= 0.6 is 12.4 Å². The van der Waals surface area contributed by atoms with Crippen LogP contribution in [-0.4, -0.2) is 11.5 Å². The third-order valence-electron chi connectivity index (χ3n) is 3.05. The fourth-order valence-corrected chi connectivity index (χ4v) is 2.01. The highest BCUT2D eigenvalue weighted by atomic mass is 35.5. The molecule has 2 rings (SSSR count). The molecule has 0 unspecified atom stereocenters. The molecule has 17 heavy (non-hydrogen) atoms. The fraction of sp³-hybridized carbons (Fsp3) is 0.429. The molecule has 1 aromatic carbocycles. The van der Waals surface area contributed by atoms with E-state index >= 15 is 0 Å². The summed E-state index contributed by atoms with van der Waals surface area (Å²) in [4.78, 5) is 3.30. The number of hydrogen-bond donors (Lipinski definition) is 2. The van der Waals surface area contributed by atoms with E-state index in [-0.39, 0.29) is 17.8 Å². The summed E-state index contributed by atoms with van der Waals surface area (Å²) < 4.78 is 0. The van der Waals surface area contributed by atoms with Crippen molar-refractivity contribution in [2.24, 2.45) is 5.73 Å². The second-order valence-corrected chi connectivity index (χ2v) is 5.36. The topological polar surface area (TPSA) is 41.8 Å². The molecule has 0 atom stereocenters. The fourth-order valence-electron chi connectivity index (χ4n) is 2.01. The number of nitrogens with one attached hydrogen (secondary N) is 1. The molecule has 0 saturated heterocycles. The van der Waals surface area contributed by atoms with Crippen molar-refractivity contribution in [3.63, 3.8) is 0 Å². The third-order valence-corrected chi connectivity index (χ3v) is 3.05. The van der Waals surface area contributed by atoms with Crippen LogP contribution in [0.5, 0.6) is 0 Å². The van der Waals surface area contributed by atoms with E-state index in [0.29, 0.717) is 6.54 Å². The molecular formula is C14H21ClN2. The van der Waals surface area contributed by atoms with Crippen molar-refractivity contribution in [2.45, 2.75) is 32.6 Å². The van der Waals surface area contributed by atoms with Gasteiger partial charge in [-0.1, -0.05) is 26.8 Å². The first-order valence-corrected chi connectivity index (χ1v) is 5.83. The van der Waals surface area contributed by atoms with Gasteiger partial charge in [-0.05, 0) is 41.6 Å². The molecule has 0 amide bonds. The van der Waals surface area contributed by atoms with Crippen molar-refractivity contribution in [3.05, 3.63) is 35.5 Å². The molecule has 2 aromatic rings. The molecule has 94 valence electrons. The van der Waals surface area contributed by atoms with Gasteiger partial charge >= 0.3 is 0 Å². The number of benzene rings is 1. The van der Waals surface area contributed by atoms with Crippen molar-refractivity contribution in [1.29, 1.82) is 0 Å². The zero-order chi connectivity index (χ0) is 11.8. The van der Waals surface area contributed by atoms with Crippen LogP contribution in [0.25, 0.3) is 10.9 Å². The van der Waals surface area contributed by atoms with Crippen LogP contribution in [0.1, 0.15) is 31.9 Å². The maximum Gasteiger partial charge on any atom is 0.0457 e. The summed E-state index contributed by atoms with van der Waals surface area (Å²) in [5.74, 6) is 0. The van der Waals surface area contributed by atoms with Crippen LogP contribution in [0, 0.1) is 0 Å². The summed E-state index contributed by atoms with van der Waals surface area (Å²) in [5, 5.41) is 1.32. The third kappa shape index (κ3) is 2.82. The van der Waals surface area contributed by atoms with E-state index in [1.165, 1.54) is 22.0 Å². The number of nitrogens with two attached hydrogens (primary N) is 1. The summed E-state index contributed by atoms with van der Waals surface area (Å²) in [6.45, 7) is 7.42. The van der Waals surface area contributed by atoms with E-state index in [4.69, 9.17) is 5.73 Å². The first-order chi connectivity index (χ1) is 7.52. The van der Waals surface area contributed by atoms with Gasteiger partial charge in [-0.25, -0.2) is 0 Å². The first-order valence-electron chi connectivity index (χ1n) is 5.83. The molecule has 0 fully saturated rings. The maximum absolute atomic E-state index is 5.62. The normalized spacial score (nSPS) is 11.5. The lowest BCUT2D eigenvalue weighted by atomic mass is 9.86. The Morgan fingerprint density at radius 1 is 1.24 bits per heavy atom. The highest BCUT2D eigenvalue weighted by Gasteiger charge is 2.14. The van der Waals surface area contributed by atoms with E-state index in [2.05, 4.69) is 50.2 Å². The lowest BCUT2D eigenvalue weighted by molar-refractivity contribution is 0.591. The zero-order valence-electron chi connectivity index (χ0n) is 10.7. The van der Waals surface area contributed by atoms with Gasteiger partial charge in [0.1, 0.15) is 0 Å². The van der Waals surface area contributed by atoms with Gasteiger partial charge in [-0.3, -0.25) is 0 Å². The number of hydrogen-bond acceptors (Lipinski definition) is 1. The molecule has 1 aromatic heterocycles. The van der Waals surface area contributed by atoms with Crippen LogP contribution in [0.3, 0.4) is 0 Å². The van der Waals surface area contributed by atoms with Crippen molar-refractivity contribution < 1.29 is 0 Å². The van der Waals surface area contributed by atoms with Crippen LogP contribution in [0.2, 0.25) is 0 Å². The minimum atomic E-state index is 0. The Balaban J connectivity index is 0.00000144. The minimum absolute atomic E-state index is 0. The van der Waals surface area contributed by atoms with Crippen LogP contribution in [-0.2, 0) is 11.8 Å². The lowest BCUT2D eigenvalue weighted by Gasteiger charge is -2.19. The predicted molar refractivity (Wildman–Crippen MR) is 77.0 cm³/mol. The Bertz CT molecular complexity index is 494. The Hall–Kier alpha value is -0.990. The second-order valence-electron chi connectivity index (χ2n) is 5.36. The molecule has 3 heteroatoms. The van der Waals surface area contributed by atoms with E-state index in [9.17, 15) is 0 Å². The van der Waals surface area contributed by atoms with Gasteiger partial charge in [0.05, 0.1) is 0 Å². The smallest absolute Gasteiger partial charge is 0.0457 e. The summed E-state index contributed by atoms with van der Waals surface area (Å²) >= 11 is 0. The summed E-state index contributed by atoms with van der Waals surface area (Å²) in [7, 11) is 0. The molecule has 0 aliphatic carbocycles. The SMILES string of the molecule is CC(C)(C)c1ccc2[nH]cc(CCN)c2c1.Cl. The van der Waals surface area contributed by atoms with E-state index in [1.807, 2.05) is 0 Å². The Labute approximate surface area is 109 Å². The lowest BCUT2D eigenvalue weighted by Crippen LogP contribution is -2.10. The number of halogens is 1. The van der Waals surface area contributed by atoms with E-state index < -0.39 is 0 Å². The molecule has 0 saturated carbocycles. The monoisotopic (exact) mass is 252 g/mol. The van der Waals surface area contributed by atoms with Gasteiger partial charge in [0.15, 0.2) is 0 Å². The number of H-pyrrole nitrogens is 1. The number of aromatic amines is 1. The van der Waals surface area contributed by atoms with Gasteiger partial charge in [-0.15, -0.1) is 12.4 Å². The van der Waals surface area contributed by atoms with Gasteiger partial charge in [-0.2, -0.15) is 0 Å². The maximum atomic E-state index is 5.62. The summed E-state index contributed by atoms with van der Waals surface area (Å²) in [6, 6.07) is 6.65. The highest BCUT2D eigenvalue weighted by Crippen LogP contribution is 2.27. The largest absolute Gasteiger partial charge is 0.361 e. The molecule has 0 aliphatic rings. The van der Waals surface area contributed by atoms with E-state index in [1.54, 1.807) is 0 Å². The van der Waals surface area contributed by atoms with Gasteiger partial charge < -0.3 is 10.7 Å². The molecule has 0 radical (unpaired) electrons. The molecular weight excluding hydrogens is 232 g/mol. The molecule has 0 aliphatic heterocycles. The average Bonchev–Trinajstić information content (AvgIpc) is 2.60. The predicted octanol–water partition coefficient (Wildman–Crippen LogP) is 3.39. The molecule has 0 spiro atoms. The standard InChI is InChI=1S/C14H20N2.ClH/c1-14(2,3)11-4-5-13-12(8-11)10(6-7-15)9-16-13;/h4-5,8-9,16H,6-7,15H2,1-3H3;1H. The van der Waals surface area contributed by atoms with Crippen molar-refractivity contribution in [1.82, 2.24) is 4.98 Å². The first kappa shape index (κ1) is 14.1. The molecule has 2 nitrogen and oxygen atoms in total. The average molecular weight is 253 g/mol. The van der Waals surface area contributed by atoms with Crippen LogP contribution < -0.4 is 5.73 Å². The molecule has 0 bridgehead atoms. The van der Waals surface area contributed by atoms with E-state index in [0.717, 1.165) is 6.42 Å². The number of fused-ring (bicyclic) bond motifs is 1.